The number of methoxy groups -OCH3 is 1. The molecular formula is C26H34ClN3O5S. The number of hydrogen-bond acceptors (Lipinski definition) is 5. The first-order chi connectivity index (χ1) is 17.1. The zero-order valence-electron chi connectivity index (χ0n) is 20.9. The van der Waals surface area contributed by atoms with Crippen LogP contribution in [0.15, 0.2) is 48.5 Å². The smallest absolute Gasteiger partial charge is 0.244 e. The van der Waals surface area contributed by atoms with Crippen molar-refractivity contribution < 1.29 is 22.7 Å². The second kappa shape index (κ2) is 12.5. The molecule has 1 aliphatic rings. The molecule has 1 fully saturated rings. The zero-order chi connectivity index (χ0) is 26.3. The molecule has 0 aromatic heterocycles. The van der Waals surface area contributed by atoms with E-state index in [-0.39, 0.29) is 18.5 Å². The van der Waals surface area contributed by atoms with Crippen LogP contribution in [0.25, 0.3) is 0 Å². The van der Waals surface area contributed by atoms with Gasteiger partial charge in [0.25, 0.3) is 0 Å². The van der Waals surface area contributed by atoms with Crippen molar-refractivity contribution in [3.63, 3.8) is 0 Å². The minimum atomic E-state index is -3.81. The topological polar surface area (TPSA) is 96.0 Å². The van der Waals surface area contributed by atoms with Gasteiger partial charge in [0.2, 0.25) is 21.8 Å². The molecule has 1 unspecified atom stereocenters. The first-order valence-corrected chi connectivity index (χ1v) is 14.3. The summed E-state index contributed by atoms with van der Waals surface area (Å²) < 4.78 is 31.6. The van der Waals surface area contributed by atoms with Crippen molar-refractivity contribution in [1.82, 2.24) is 10.2 Å². The van der Waals surface area contributed by atoms with Gasteiger partial charge in [-0.25, -0.2) is 8.42 Å². The summed E-state index contributed by atoms with van der Waals surface area (Å²) in [5.41, 5.74) is 1.03. The van der Waals surface area contributed by atoms with Gasteiger partial charge >= 0.3 is 0 Å². The summed E-state index contributed by atoms with van der Waals surface area (Å²) in [6.45, 7) is 1.30. The van der Waals surface area contributed by atoms with E-state index in [9.17, 15) is 18.0 Å². The highest BCUT2D eigenvalue weighted by molar-refractivity contribution is 7.92. The van der Waals surface area contributed by atoms with Crippen molar-refractivity contribution in [1.29, 1.82) is 0 Å². The van der Waals surface area contributed by atoms with E-state index in [1.54, 1.807) is 49.4 Å². The Bertz CT molecular complexity index is 1170. The van der Waals surface area contributed by atoms with E-state index < -0.39 is 28.5 Å². The SMILES string of the molecule is COc1cccc(N(CC(=O)N(Cc2cccc(Cl)c2)C(C)C(=O)NC2CCCCC2)S(C)(=O)=O)c1. The largest absolute Gasteiger partial charge is 0.497 e. The van der Waals surface area contributed by atoms with Crippen molar-refractivity contribution in [3.8, 4) is 5.75 Å². The summed E-state index contributed by atoms with van der Waals surface area (Å²) >= 11 is 6.15. The van der Waals surface area contributed by atoms with Crippen LogP contribution in [0.2, 0.25) is 5.02 Å². The Labute approximate surface area is 218 Å². The molecular weight excluding hydrogens is 502 g/mol. The number of carbonyl (C=O) groups excluding carboxylic acids is 2. The first-order valence-electron chi connectivity index (χ1n) is 12.0. The molecule has 0 radical (unpaired) electrons. The van der Waals surface area contributed by atoms with Crippen molar-refractivity contribution >= 4 is 39.1 Å². The summed E-state index contributed by atoms with van der Waals surface area (Å²) in [4.78, 5) is 28.2. The monoisotopic (exact) mass is 535 g/mol. The molecule has 1 atom stereocenters. The van der Waals surface area contributed by atoms with Crippen LogP contribution < -0.4 is 14.4 Å². The fourth-order valence-corrected chi connectivity index (χ4v) is 5.42. The maximum Gasteiger partial charge on any atom is 0.244 e. The van der Waals surface area contributed by atoms with Crippen LogP contribution in [0.4, 0.5) is 5.69 Å². The number of sulfonamides is 1. The van der Waals surface area contributed by atoms with Gasteiger partial charge in [-0.3, -0.25) is 13.9 Å². The van der Waals surface area contributed by atoms with Crippen LogP contribution in [-0.4, -0.2) is 57.1 Å². The number of anilines is 1. The number of hydrogen-bond donors (Lipinski definition) is 1. The van der Waals surface area contributed by atoms with Gasteiger partial charge in [-0.1, -0.05) is 49.1 Å². The highest BCUT2D eigenvalue weighted by atomic mass is 35.5. The third-order valence-corrected chi connectivity index (χ3v) is 7.76. The highest BCUT2D eigenvalue weighted by Crippen LogP contribution is 2.24. The predicted octanol–water partition coefficient (Wildman–Crippen LogP) is 3.98. The van der Waals surface area contributed by atoms with Crippen LogP contribution in [0.3, 0.4) is 0 Å². The van der Waals surface area contributed by atoms with E-state index >= 15 is 0 Å². The Morgan fingerprint density at radius 2 is 1.81 bits per heavy atom. The van der Waals surface area contributed by atoms with Gasteiger partial charge in [0.1, 0.15) is 18.3 Å². The number of rotatable bonds is 10. The Kier molecular flexibility index (Phi) is 9.62. The van der Waals surface area contributed by atoms with E-state index in [0.29, 0.717) is 16.5 Å². The summed E-state index contributed by atoms with van der Waals surface area (Å²) in [6.07, 6.45) is 6.16. The number of carbonyl (C=O) groups is 2. The number of benzene rings is 2. The van der Waals surface area contributed by atoms with Gasteiger partial charge in [-0.2, -0.15) is 0 Å². The van der Waals surface area contributed by atoms with Crippen LogP contribution in [0.1, 0.15) is 44.6 Å². The average Bonchev–Trinajstić information content (AvgIpc) is 2.85. The van der Waals surface area contributed by atoms with Crippen molar-refractivity contribution in [2.45, 2.75) is 57.7 Å². The average molecular weight is 536 g/mol. The number of ether oxygens (including phenoxy) is 1. The van der Waals surface area contributed by atoms with Crippen LogP contribution in [-0.2, 0) is 26.2 Å². The maximum atomic E-state index is 13.6. The molecule has 10 heteroatoms. The lowest BCUT2D eigenvalue weighted by Gasteiger charge is -2.33. The second-order valence-electron chi connectivity index (χ2n) is 9.14. The number of nitrogens with zero attached hydrogens (tertiary/aromatic N) is 2. The Balaban J connectivity index is 1.88. The van der Waals surface area contributed by atoms with E-state index in [4.69, 9.17) is 16.3 Å². The summed E-state index contributed by atoms with van der Waals surface area (Å²) in [5.74, 6) is -0.302. The molecule has 2 aromatic rings. The molecule has 8 nitrogen and oxygen atoms in total. The van der Waals surface area contributed by atoms with Gasteiger partial charge in [0.15, 0.2) is 0 Å². The Morgan fingerprint density at radius 1 is 1.11 bits per heavy atom. The Morgan fingerprint density at radius 3 is 2.44 bits per heavy atom. The normalized spacial score (nSPS) is 15.1. The van der Waals surface area contributed by atoms with Crippen molar-refractivity contribution in [2.75, 3.05) is 24.2 Å². The third kappa shape index (κ3) is 7.61. The molecule has 3 rings (SSSR count). The van der Waals surface area contributed by atoms with E-state index in [2.05, 4.69) is 5.32 Å². The van der Waals surface area contributed by atoms with E-state index in [0.717, 1.165) is 48.2 Å². The molecule has 0 bridgehead atoms. The third-order valence-electron chi connectivity index (χ3n) is 6.38. The number of nitrogens with one attached hydrogen (secondary N) is 1. The number of halogens is 1. The lowest BCUT2D eigenvalue weighted by molar-refractivity contribution is -0.139. The van der Waals surface area contributed by atoms with Crippen LogP contribution >= 0.6 is 11.6 Å². The lowest BCUT2D eigenvalue weighted by Crippen LogP contribution is -2.52. The molecule has 0 heterocycles. The standard InChI is InChI=1S/C26H34ClN3O5S/c1-19(26(32)28-22-11-5-4-6-12-22)29(17-20-9-7-10-21(27)15-20)25(31)18-30(36(3,33)34)23-13-8-14-24(16-23)35-2/h7-10,13-16,19,22H,4-6,11-12,17-18H2,1-3H3,(H,28,32). The Hall–Kier alpha value is -2.78. The second-order valence-corrected chi connectivity index (χ2v) is 11.5. The minimum Gasteiger partial charge on any atom is -0.497 e. The van der Waals surface area contributed by atoms with Gasteiger partial charge in [-0.05, 0) is 49.6 Å². The number of amides is 2. The van der Waals surface area contributed by atoms with Crippen LogP contribution in [0, 0.1) is 0 Å². The van der Waals surface area contributed by atoms with Crippen molar-refractivity contribution in [2.24, 2.45) is 0 Å². The van der Waals surface area contributed by atoms with Gasteiger partial charge in [0.05, 0.1) is 19.1 Å². The minimum absolute atomic E-state index is 0.0844. The quantitative estimate of drug-likeness (QED) is 0.496. The molecule has 2 amide bonds. The summed E-state index contributed by atoms with van der Waals surface area (Å²) in [5, 5.41) is 3.58. The van der Waals surface area contributed by atoms with E-state index in [1.165, 1.54) is 12.0 Å². The van der Waals surface area contributed by atoms with Gasteiger partial charge < -0.3 is 15.0 Å². The fraction of sp³-hybridized carbons (Fsp3) is 0.462. The van der Waals surface area contributed by atoms with Gasteiger partial charge in [-0.15, -0.1) is 0 Å². The predicted molar refractivity (Wildman–Crippen MR) is 142 cm³/mol. The summed E-state index contributed by atoms with van der Waals surface area (Å²) in [7, 11) is -2.33. The molecule has 1 saturated carbocycles. The van der Waals surface area contributed by atoms with Gasteiger partial charge in [0, 0.05) is 23.7 Å². The molecule has 2 aromatic carbocycles. The molecule has 0 saturated heterocycles. The molecule has 1 N–H and O–H groups in total. The lowest BCUT2D eigenvalue weighted by atomic mass is 9.95. The molecule has 1 aliphatic carbocycles. The van der Waals surface area contributed by atoms with Crippen LogP contribution in [0.5, 0.6) is 5.75 Å². The maximum absolute atomic E-state index is 13.6. The molecule has 196 valence electrons. The first kappa shape index (κ1) is 27.8. The molecule has 0 aliphatic heterocycles. The highest BCUT2D eigenvalue weighted by Gasteiger charge is 2.31. The summed E-state index contributed by atoms with van der Waals surface area (Å²) in [6, 6.07) is 12.8. The molecule has 36 heavy (non-hydrogen) atoms. The zero-order valence-corrected chi connectivity index (χ0v) is 22.5. The van der Waals surface area contributed by atoms with E-state index in [1.807, 2.05) is 6.07 Å². The fourth-order valence-electron chi connectivity index (χ4n) is 4.36. The molecule has 0 spiro atoms. The van der Waals surface area contributed by atoms with Crippen molar-refractivity contribution in [3.05, 3.63) is 59.1 Å².